The topological polar surface area (TPSA) is 113 Å². The summed E-state index contributed by atoms with van der Waals surface area (Å²) in [5.74, 6) is 0.698. The van der Waals surface area contributed by atoms with Gasteiger partial charge < -0.3 is 19.4 Å². The fourth-order valence-electron chi connectivity index (χ4n) is 3.81. The summed E-state index contributed by atoms with van der Waals surface area (Å²) in [6, 6.07) is 17.4. The van der Waals surface area contributed by atoms with Crippen molar-refractivity contribution < 1.29 is 19.2 Å². The molecule has 0 aliphatic heterocycles. The van der Waals surface area contributed by atoms with Gasteiger partial charge in [-0.25, -0.2) is 0 Å². The summed E-state index contributed by atoms with van der Waals surface area (Å²) in [5, 5.41) is 14.2. The third-order valence-electron chi connectivity index (χ3n) is 5.55. The lowest BCUT2D eigenvalue weighted by atomic mass is 10.0. The van der Waals surface area contributed by atoms with Crippen molar-refractivity contribution in [1.29, 1.82) is 0 Å². The van der Waals surface area contributed by atoms with Crippen molar-refractivity contribution in [3.63, 3.8) is 0 Å². The fraction of sp³-hybridized carbons (Fsp3) is 0.120. The molecule has 34 heavy (non-hydrogen) atoms. The van der Waals surface area contributed by atoms with Crippen molar-refractivity contribution in [1.82, 2.24) is 4.57 Å². The first kappa shape index (κ1) is 22.5. The van der Waals surface area contributed by atoms with Gasteiger partial charge in [0.05, 0.1) is 30.2 Å². The molecular weight excluding hydrogens is 438 g/mol. The number of ether oxygens (including phenoxy) is 2. The molecule has 0 atom stereocenters. The summed E-state index contributed by atoms with van der Waals surface area (Å²) >= 11 is 0. The number of anilines is 1. The van der Waals surface area contributed by atoms with Crippen molar-refractivity contribution >= 4 is 28.3 Å². The molecule has 4 aromatic rings. The first-order valence-corrected chi connectivity index (χ1v) is 10.3. The monoisotopic (exact) mass is 459 g/mol. The third-order valence-corrected chi connectivity index (χ3v) is 5.55. The van der Waals surface area contributed by atoms with E-state index in [0.717, 1.165) is 0 Å². The predicted octanol–water partition coefficient (Wildman–Crippen LogP) is 4.38. The van der Waals surface area contributed by atoms with Crippen LogP contribution < -0.4 is 20.2 Å². The highest BCUT2D eigenvalue weighted by molar-refractivity contribution is 6.07. The van der Waals surface area contributed by atoms with Gasteiger partial charge in [-0.2, -0.15) is 0 Å². The number of aromatic nitrogens is 1. The average Bonchev–Trinajstić information content (AvgIpc) is 2.86. The van der Waals surface area contributed by atoms with Gasteiger partial charge in [0.2, 0.25) is 0 Å². The third kappa shape index (κ3) is 3.95. The van der Waals surface area contributed by atoms with Crippen molar-refractivity contribution in [3.8, 4) is 22.6 Å². The number of nitrogens with zero attached hydrogens (tertiary/aromatic N) is 2. The maximum absolute atomic E-state index is 13.6. The number of hydrogen-bond donors (Lipinski definition) is 1. The number of aryl methyl sites for hydroxylation is 1. The highest BCUT2D eigenvalue weighted by atomic mass is 16.6. The Morgan fingerprint density at radius 1 is 0.971 bits per heavy atom. The molecule has 3 aromatic carbocycles. The van der Waals surface area contributed by atoms with E-state index in [0.29, 0.717) is 28.0 Å². The van der Waals surface area contributed by atoms with Gasteiger partial charge in [-0.05, 0) is 42.0 Å². The molecular formula is C25H21N3O6. The largest absolute Gasteiger partial charge is 0.493 e. The highest BCUT2D eigenvalue weighted by Gasteiger charge is 2.21. The lowest BCUT2D eigenvalue weighted by Crippen LogP contribution is -2.21. The van der Waals surface area contributed by atoms with E-state index in [9.17, 15) is 19.7 Å². The Labute approximate surface area is 194 Å². The zero-order valence-electron chi connectivity index (χ0n) is 18.7. The van der Waals surface area contributed by atoms with Crippen LogP contribution in [0.4, 0.5) is 11.5 Å². The minimum Gasteiger partial charge on any atom is -0.493 e. The van der Waals surface area contributed by atoms with E-state index in [-0.39, 0.29) is 28.1 Å². The Hall–Kier alpha value is -4.66. The Balaban J connectivity index is 1.90. The molecule has 0 saturated carbocycles. The summed E-state index contributed by atoms with van der Waals surface area (Å²) in [6.07, 6.45) is 0. The first-order chi connectivity index (χ1) is 16.3. The molecule has 0 saturated heterocycles. The number of para-hydroxylation sites is 1. The van der Waals surface area contributed by atoms with Gasteiger partial charge in [0.1, 0.15) is 5.82 Å². The molecule has 1 amide bonds. The number of rotatable bonds is 6. The molecule has 9 heteroatoms. The Morgan fingerprint density at radius 2 is 1.65 bits per heavy atom. The van der Waals surface area contributed by atoms with Crippen molar-refractivity contribution in [3.05, 3.63) is 92.6 Å². The quantitative estimate of drug-likeness (QED) is 0.338. The fourth-order valence-corrected chi connectivity index (χ4v) is 3.81. The van der Waals surface area contributed by atoms with Gasteiger partial charge in [-0.15, -0.1) is 0 Å². The molecule has 0 spiro atoms. The predicted molar refractivity (Wildman–Crippen MR) is 129 cm³/mol. The molecule has 0 radical (unpaired) electrons. The van der Waals surface area contributed by atoms with Crippen LogP contribution >= 0.6 is 0 Å². The van der Waals surface area contributed by atoms with Crippen LogP contribution in [0.25, 0.3) is 22.0 Å². The number of pyridine rings is 1. The molecule has 0 aliphatic carbocycles. The van der Waals surface area contributed by atoms with Crippen LogP contribution in [0.1, 0.15) is 10.4 Å². The van der Waals surface area contributed by atoms with E-state index < -0.39 is 10.8 Å². The van der Waals surface area contributed by atoms with Gasteiger partial charge in [-0.3, -0.25) is 19.7 Å². The van der Waals surface area contributed by atoms with E-state index in [4.69, 9.17) is 9.47 Å². The number of nitro benzene ring substituents is 1. The Bertz CT molecular complexity index is 1480. The molecule has 0 fully saturated rings. The maximum Gasteiger partial charge on any atom is 0.269 e. The maximum atomic E-state index is 13.6. The van der Waals surface area contributed by atoms with Crippen LogP contribution in [0.3, 0.4) is 0 Å². The zero-order chi connectivity index (χ0) is 24.4. The zero-order valence-corrected chi connectivity index (χ0v) is 18.7. The highest BCUT2D eigenvalue weighted by Crippen LogP contribution is 2.35. The second-order valence-corrected chi connectivity index (χ2v) is 7.46. The van der Waals surface area contributed by atoms with Gasteiger partial charge in [0.15, 0.2) is 16.9 Å². The second-order valence-electron chi connectivity index (χ2n) is 7.46. The summed E-state index contributed by atoms with van der Waals surface area (Å²) in [4.78, 5) is 37.0. The van der Waals surface area contributed by atoms with Crippen molar-refractivity contribution in [2.75, 3.05) is 19.5 Å². The number of amides is 1. The summed E-state index contributed by atoms with van der Waals surface area (Å²) in [7, 11) is 4.76. The van der Waals surface area contributed by atoms with Crippen LogP contribution in [0.15, 0.2) is 71.5 Å². The number of hydrogen-bond acceptors (Lipinski definition) is 6. The molecule has 1 aromatic heterocycles. The standard InChI is InChI=1S/C25H21N3O6/c1-27-19-7-5-4-6-18(19)23(29)22(16-10-13-20(33-2)21(14-16)34-3)24(27)26-25(30)15-8-11-17(12-9-15)28(31)32/h4-14H,1-3H3,(H,26,30). The molecule has 0 bridgehead atoms. The van der Waals surface area contributed by atoms with E-state index in [1.807, 2.05) is 0 Å². The molecule has 9 nitrogen and oxygen atoms in total. The van der Waals surface area contributed by atoms with Crippen molar-refractivity contribution in [2.24, 2.45) is 7.05 Å². The summed E-state index contributed by atoms with van der Waals surface area (Å²) < 4.78 is 12.4. The normalized spacial score (nSPS) is 10.7. The van der Waals surface area contributed by atoms with Crippen LogP contribution in [0.5, 0.6) is 11.5 Å². The van der Waals surface area contributed by atoms with Crippen LogP contribution in [-0.2, 0) is 7.05 Å². The molecule has 0 unspecified atom stereocenters. The molecule has 1 N–H and O–H groups in total. The summed E-state index contributed by atoms with van der Waals surface area (Å²) in [6.45, 7) is 0. The first-order valence-electron chi connectivity index (χ1n) is 10.3. The lowest BCUT2D eigenvalue weighted by molar-refractivity contribution is -0.384. The molecule has 4 rings (SSSR count). The number of nitrogens with one attached hydrogen (secondary N) is 1. The van der Waals surface area contributed by atoms with Gasteiger partial charge in [0.25, 0.3) is 11.6 Å². The van der Waals surface area contributed by atoms with Crippen LogP contribution in [-0.4, -0.2) is 29.6 Å². The lowest BCUT2D eigenvalue weighted by Gasteiger charge is -2.19. The van der Waals surface area contributed by atoms with Gasteiger partial charge in [0, 0.05) is 30.1 Å². The Kier molecular flexibility index (Phi) is 6.01. The number of carbonyl (C=O) groups excluding carboxylic acids is 1. The number of carbonyl (C=O) groups is 1. The minimum absolute atomic E-state index is 0.124. The van der Waals surface area contributed by atoms with Gasteiger partial charge >= 0.3 is 0 Å². The molecule has 172 valence electrons. The van der Waals surface area contributed by atoms with Crippen LogP contribution in [0, 0.1) is 10.1 Å². The van der Waals surface area contributed by atoms with Crippen molar-refractivity contribution in [2.45, 2.75) is 0 Å². The van der Waals surface area contributed by atoms with E-state index >= 15 is 0 Å². The Morgan fingerprint density at radius 3 is 2.29 bits per heavy atom. The SMILES string of the molecule is COc1ccc(-c2c(NC(=O)c3ccc([N+](=O)[O-])cc3)n(C)c3ccccc3c2=O)cc1OC. The smallest absolute Gasteiger partial charge is 0.269 e. The summed E-state index contributed by atoms with van der Waals surface area (Å²) in [5.41, 5.74) is 1.27. The molecule has 1 heterocycles. The average molecular weight is 459 g/mol. The van der Waals surface area contributed by atoms with Gasteiger partial charge in [-0.1, -0.05) is 18.2 Å². The van der Waals surface area contributed by atoms with E-state index in [1.54, 1.807) is 54.1 Å². The number of fused-ring (bicyclic) bond motifs is 1. The van der Waals surface area contributed by atoms with E-state index in [2.05, 4.69) is 5.32 Å². The van der Waals surface area contributed by atoms with E-state index in [1.165, 1.54) is 38.5 Å². The second kappa shape index (κ2) is 9.07. The number of nitro groups is 1. The minimum atomic E-state index is -0.538. The number of benzene rings is 3. The van der Waals surface area contributed by atoms with Crippen LogP contribution in [0.2, 0.25) is 0 Å². The molecule has 0 aliphatic rings. The number of non-ortho nitro benzene ring substituents is 1. The number of methoxy groups -OCH3 is 2.